The molecule has 11 heteroatoms. The molecule has 0 aliphatic rings. The number of primary sulfonamides is 1. The van der Waals surface area contributed by atoms with E-state index in [-0.39, 0.29) is 21.5 Å². The first kappa shape index (κ1) is 20.4. The minimum absolute atomic E-state index is 0.0222. The number of carbonyl (C=O) groups excluding carboxylic acids is 1. The molecule has 1 atom stereocenters. The van der Waals surface area contributed by atoms with Crippen LogP contribution in [0.4, 0.5) is 0 Å². The molecule has 10 nitrogen and oxygen atoms in total. The van der Waals surface area contributed by atoms with Crippen LogP contribution in [0, 0.1) is 0 Å². The van der Waals surface area contributed by atoms with E-state index in [4.69, 9.17) is 5.14 Å². The summed E-state index contributed by atoms with van der Waals surface area (Å²) in [6.45, 7) is 1.77. The number of hydrogen-bond donors (Lipinski definition) is 2. The predicted octanol–water partition coefficient (Wildman–Crippen LogP) is 0.102. The van der Waals surface area contributed by atoms with Crippen molar-refractivity contribution in [2.45, 2.75) is 17.9 Å². The van der Waals surface area contributed by atoms with Gasteiger partial charge in [-0.15, -0.1) is 0 Å². The molecule has 3 rings (SSSR count). The van der Waals surface area contributed by atoms with Crippen molar-refractivity contribution in [3.63, 3.8) is 0 Å². The molecule has 0 aliphatic heterocycles. The lowest BCUT2D eigenvalue weighted by molar-refractivity contribution is 0.0742. The summed E-state index contributed by atoms with van der Waals surface area (Å²) in [6.07, 6.45) is 1.30. The normalized spacial score (nSPS) is 12.7. The molecule has 0 aliphatic carbocycles. The van der Waals surface area contributed by atoms with Gasteiger partial charge in [0.1, 0.15) is 5.65 Å². The number of aromatic nitrogens is 3. The van der Waals surface area contributed by atoms with Gasteiger partial charge in [0.15, 0.2) is 0 Å². The maximum atomic E-state index is 12.9. The average Bonchev–Trinajstić information content (AvgIpc) is 2.69. The fraction of sp³-hybridized carbons (Fsp3) is 0.222. The Morgan fingerprint density at radius 1 is 1.24 bits per heavy atom. The van der Waals surface area contributed by atoms with Crippen LogP contribution in [0.3, 0.4) is 0 Å². The molecule has 29 heavy (non-hydrogen) atoms. The number of nitrogens with two attached hydrogens (primary N) is 1. The Hall–Kier alpha value is -3.31. The van der Waals surface area contributed by atoms with Crippen LogP contribution in [0.25, 0.3) is 11.0 Å². The number of H-pyrrole nitrogens is 1. The molecule has 1 amide bonds. The van der Waals surface area contributed by atoms with Gasteiger partial charge in [-0.2, -0.15) is 0 Å². The number of sulfonamides is 1. The number of nitrogens with one attached hydrogen (secondary N) is 1. The minimum Gasteiger partial charge on any atom is -0.335 e. The number of aromatic amines is 1. The Morgan fingerprint density at radius 2 is 1.86 bits per heavy atom. The molecule has 0 fully saturated rings. The van der Waals surface area contributed by atoms with Crippen molar-refractivity contribution in [2.24, 2.45) is 12.2 Å². The summed E-state index contributed by atoms with van der Waals surface area (Å²) in [6, 6.07) is 6.89. The predicted molar refractivity (Wildman–Crippen MR) is 106 cm³/mol. The number of amides is 1. The smallest absolute Gasteiger partial charge is 0.329 e. The zero-order chi connectivity index (χ0) is 21.5. The lowest BCUT2D eigenvalue weighted by Crippen LogP contribution is -2.31. The third kappa shape index (κ3) is 3.82. The SMILES string of the molecule is CC(c1ccc(S(N)(=O)=O)cc1)N(C)C(=O)c1cnc2c(c1)c(=O)[nH]c(=O)n2C. The van der Waals surface area contributed by atoms with Crippen LogP contribution in [0.2, 0.25) is 0 Å². The highest BCUT2D eigenvalue weighted by molar-refractivity contribution is 7.89. The van der Waals surface area contributed by atoms with E-state index in [0.29, 0.717) is 5.56 Å². The van der Waals surface area contributed by atoms with Crippen molar-refractivity contribution in [2.75, 3.05) is 7.05 Å². The number of benzene rings is 1. The van der Waals surface area contributed by atoms with E-state index in [2.05, 4.69) is 9.97 Å². The Labute approximate surface area is 165 Å². The number of nitrogens with zero attached hydrogens (tertiary/aromatic N) is 3. The third-order valence-electron chi connectivity index (χ3n) is 4.79. The Balaban J connectivity index is 1.93. The third-order valence-corrected chi connectivity index (χ3v) is 5.72. The van der Waals surface area contributed by atoms with Gasteiger partial charge in [0, 0.05) is 20.3 Å². The van der Waals surface area contributed by atoms with Gasteiger partial charge in [-0.25, -0.2) is 23.3 Å². The van der Waals surface area contributed by atoms with Gasteiger partial charge in [-0.1, -0.05) is 12.1 Å². The molecule has 2 aromatic heterocycles. The quantitative estimate of drug-likeness (QED) is 0.615. The zero-order valence-corrected chi connectivity index (χ0v) is 16.7. The Bertz CT molecular complexity index is 1330. The fourth-order valence-corrected chi connectivity index (χ4v) is 3.41. The standard InChI is InChI=1S/C18H19N5O5S/c1-10(11-4-6-13(7-5-11)29(19,27)28)22(2)17(25)12-8-14-15(20-9-12)23(3)18(26)21-16(14)24/h4-10H,1-3H3,(H2,19,27,28)(H,21,24,26). The molecule has 152 valence electrons. The van der Waals surface area contributed by atoms with Crippen molar-refractivity contribution in [1.82, 2.24) is 19.4 Å². The second-order valence-corrected chi connectivity index (χ2v) is 8.18. The largest absolute Gasteiger partial charge is 0.335 e. The van der Waals surface area contributed by atoms with Gasteiger partial charge in [0.2, 0.25) is 10.0 Å². The van der Waals surface area contributed by atoms with E-state index in [0.717, 1.165) is 0 Å². The molecule has 0 saturated carbocycles. The molecule has 1 aromatic carbocycles. The van der Waals surface area contributed by atoms with Gasteiger partial charge in [0.25, 0.3) is 11.5 Å². The van der Waals surface area contributed by atoms with Crippen molar-refractivity contribution in [3.8, 4) is 0 Å². The second kappa shape index (κ2) is 7.26. The molecular weight excluding hydrogens is 398 g/mol. The number of aryl methyl sites for hydroxylation is 1. The molecular formula is C18H19N5O5S. The molecule has 3 N–H and O–H groups in total. The highest BCUT2D eigenvalue weighted by atomic mass is 32.2. The minimum atomic E-state index is -3.80. The zero-order valence-electron chi connectivity index (χ0n) is 15.9. The highest BCUT2D eigenvalue weighted by Crippen LogP contribution is 2.22. The summed E-state index contributed by atoms with van der Waals surface area (Å²) in [5, 5.41) is 5.22. The maximum absolute atomic E-state index is 12.9. The average molecular weight is 417 g/mol. The number of carbonyl (C=O) groups is 1. The van der Waals surface area contributed by atoms with E-state index < -0.39 is 33.2 Å². The molecule has 0 bridgehead atoms. The topological polar surface area (TPSA) is 148 Å². The number of hydrogen-bond acceptors (Lipinski definition) is 6. The number of fused-ring (bicyclic) bond motifs is 1. The Morgan fingerprint density at radius 3 is 2.45 bits per heavy atom. The molecule has 2 heterocycles. The van der Waals surface area contributed by atoms with E-state index >= 15 is 0 Å². The van der Waals surface area contributed by atoms with Gasteiger partial charge < -0.3 is 4.90 Å². The van der Waals surface area contributed by atoms with E-state index in [1.807, 2.05) is 0 Å². The monoisotopic (exact) mass is 417 g/mol. The summed E-state index contributed by atoms with van der Waals surface area (Å²) in [5.74, 6) is -0.393. The van der Waals surface area contributed by atoms with E-state index in [1.165, 1.54) is 40.9 Å². The van der Waals surface area contributed by atoms with Crippen molar-refractivity contribution in [3.05, 3.63) is 68.5 Å². The van der Waals surface area contributed by atoms with Gasteiger partial charge in [-0.3, -0.25) is 19.1 Å². The summed E-state index contributed by atoms with van der Waals surface area (Å²) in [5.41, 5.74) is -0.175. The van der Waals surface area contributed by atoms with Crippen LogP contribution >= 0.6 is 0 Å². The summed E-state index contributed by atoms with van der Waals surface area (Å²) in [4.78, 5) is 44.3. The van der Waals surface area contributed by atoms with Crippen LogP contribution in [-0.2, 0) is 17.1 Å². The summed E-state index contributed by atoms with van der Waals surface area (Å²) in [7, 11) is -0.756. The first-order chi connectivity index (χ1) is 13.5. The molecule has 0 saturated heterocycles. The molecule has 1 unspecified atom stereocenters. The molecule has 0 spiro atoms. The number of pyridine rings is 1. The van der Waals surface area contributed by atoms with Gasteiger partial charge in [-0.05, 0) is 30.7 Å². The molecule has 0 radical (unpaired) electrons. The van der Waals surface area contributed by atoms with Crippen LogP contribution in [0.5, 0.6) is 0 Å². The van der Waals surface area contributed by atoms with Crippen LogP contribution < -0.4 is 16.4 Å². The fourth-order valence-electron chi connectivity index (χ4n) is 2.89. The van der Waals surface area contributed by atoms with Gasteiger partial charge in [0.05, 0.1) is 21.9 Å². The van der Waals surface area contributed by atoms with Crippen molar-refractivity contribution >= 4 is 27.0 Å². The highest BCUT2D eigenvalue weighted by Gasteiger charge is 2.21. The summed E-state index contributed by atoms with van der Waals surface area (Å²) < 4.78 is 23.9. The summed E-state index contributed by atoms with van der Waals surface area (Å²) >= 11 is 0. The van der Waals surface area contributed by atoms with Gasteiger partial charge >= 0.3 is 5.69 Å². The second-order valence-electron chi connectivity index (χ2n) is 6.62. The van der Waals surface area contributed by atoms with Crippen LogP contribution in [0.1, 0.15) is 28.9 Å². The first-order valence-corrected chi connectivity index (χ1v) is 10.0. The molecule has 3 aromatic rings. The first-order valence-electron chi connectivity index (χ1n) is 8.49. The Kier molecular flexibility index (Phi) is 5.11. The van der Waals surface area contributed by atoms with Crippen molar-refractivity contribution in [1.29, 1.82) is 0 Å². The maximum Gasteiger partial charge on any atom is 0.329 e. The van der Waals surface area contributed by atoms with Crippen molar-refractivity contribution < 1.29 is 13.2 Å². The lowest BCUT2D eigenvalue weighted by Gasteiger charge is -2.25. The van der Waals surface area contributed by atoms with E-state index in [9.17, 15) is 22.8 Å². The van der Waals surface area contributed by atoms with Crippen LogP contribution in [0.15, 0.2) is 51.0 Å². The van der Waals surface area contributed by atoms with Crippen LogP contribution in [-0.4, -0.2) is 40.8 Å². The van der Waals surface area contributed by atoms with E-state index in [1.54, 1.807) is 26.1 Å². The number of rotatable bonds is 4. The lowest BCUT2D eigenvalue weighted by atomic mass is 10.1.